The van der Waals surface area contributed by atoms with Crippen LogP contribution in [0.1, 0.15) is 88.6 Å². The maximum atomic E-state index is 14.2. The van der Waals surface area contributed by atoms with Gasteiger partial charge in [0, 0.05) is 98.9 Å². The first kappa shape index (κ1) is 51.2. The highest BCUT2D eigenvalue weighted by atomic mass is 32.1. The molecule has 73 heavy (non-hydrogen) atoms. The van der Waals surface area contributed by atoms with Gasteiger partial charge in [0.1, 0.15) is 19.0 Å². The molecule has 0 bridgehead atoms. The molecule has 0 N–H and O–H groups in total. The number of fused-ring (bicyclic) bond motifs is 8. The lowest BCUT2D eigenvalue weighted by molar-refractivity contribution is -0.130. The zero-order valence-electron chi connectivity index (χ0n) is 42.8. The summed E-state index contributed by atoms with van der Waals surface area (Å²) in [6.07, 6.45) is 7.02. The van der Waals surface area contributed by atoms with Gasteiger partial charge in [0.2, 0.25) is 5.91 Å². The average Bonchev–Trinajstić information content (AvgIpc) is 3.87. The number of carbonyl (C=O) groups excluding carboxylic acids is 3. The van der Waals surface area contributed by atoms with Crippen molar-refractivity contribution in [2.75, 3.05) is 74.9 Å². The molecular weight excluding hydrogens is 941 g/mol. The standard InChI is InChI=1S/C58H66N6O8S/c1-7-20-69-22-23-70-21-19-62(18-12-17-55(65)61(5)37-58(3,4)73)43-26-39(35-71-52-31-48-46(24-38(52)2)56(66)63-44(33-59-48)28-41-13-8-10-15-50(41)63)25-40(27-43)36-72-54-32-49-47(30-53(54)68-6)57(67)64-45(34-60-49)29-42-14-9-11-16-51(42)64/h8-11,13-16,24-27,30-34,44-45,73H,7,12,17-23,28-29,35-37H2,1-6H3/t44-,45-/m0/s1. The van der Waals surface area contributed by atoms with Crippen LogP contribution in [0.3, 0.4) is 0 Å². The molecule has 5 aromatic carbocycles. The lowest BCUT2D eigenvalue weighted by Gasteiger charge is -2.28. The molecule has 0 fully saturated rings. The minimum Gasteiger partial charge on any atom is -0.493 e. The van der Waals surface area contributed by atoms with Crippen LogP contribution < -0.4 is 28.9 Å². The summed E-state index contributed by atoms with van der Waals surface area (Å²) in [5, 5.41) is 0. The smallest absolute Gasteiger partial charge is 0.261 e. The van der Waals surface area contributed by atoms with Crippen LogP contribution in [-0.4, -0.2) is 112 Å². The highest BCUT2D eigenvalue weighted by Gasteiger charge is 2.38. The number of methoxy groups -OCH3 is 1. The second kappa shape index (κ2) is 22.6. The van der Waals surface area contributed by atoms with Crippen LogP contribution in [0.4, 0.5) is 28.4 Å². The van der Waals surface area contributed by atoms with Crippen molar-refractivity contribution in [1.29, 1.82) is 0 Å². The van der Waals surface area contributed by atoms with E-state index in [1.165, 1.54) is 0 Å². The Hall–Kier alpha value is -6.68. The molecule has 15 heteroatoms. The van der Waals surface area contributed by atoms with Crippen LogP contribution in [-0.2, 0) is 40.3 Å². The van der Waals surface area contributed by atoms with Crippen LogP contribution in [0, 0.1) is 6.92 Å². The molecule has 0 saturated heterocycles. The molecule has 382 valence electrons. The van der Waals surface area contributed by atoms with Crippen molar-refractivity contribution in [2.24, 2.45) is 9.98 Å². The maximum absolute atomic E-state index is 14.2. The van der Waals surface area contributed by atoms with Crippen molar-refractivity contribution < 1.29 is 38.1 Å². The summed E-state index contributed by atoms with van der Waals surface area (Å²) in [7, 11) is 3.39. The molecule has 0 aliphatic carbocycles. The molecule has 3 amide bonds. The third kappa shape index (κ3) is 11.7. The van der Waals surface area contributed by atoms with Crippen molar-refractivity contribution >= 4 is 71.2 Å². The van der Waals surface area contributed by atoms with E-state index in [1.54, 1.807) is 24.1 Å². The van der Waals surface area contributed by atoms with Crippen LogP contribution in [0.15, 0.2) is 101 Å². The van der Waals surface area contributed by atoms with E-state index in [1.807, 2.05) is 98.6 Å². The molecule has 5 aromatic rings. The van der Waals surface area contributed by atoms with Gasteiger partial charge >= 0.3 is 0 Å². The Morgan fingerprint density at radius 1 is 0.726 bits per heavy atom. The molecule has 0 unspecified atom stereocenters. The predicted molar refractivity (Wildman–Crippen MR) is 291 cm³/mol. The van der Waals surface area contributed by atoms with E-state index >= 15 is 0 Å². The topological polar surface area (TPSA) is 135 Å². The molecule has 4 aliphatic heterocycles. The number of aliphatic imine (C=N–C) groups is 2. The number of hydrogen-bond acceptors (Lipinski definition) is 12. The molecule has 9 rings (SSSR count). The zero-order valence-corrected chi connectivity index (χ0v) is 43.7. The lowest BCUT2D eigenvalue weighted by atomic mass is 10.1. The normalized spacial score (nSPS) is 16.2. The SMILES string of the molecule is CCCOCCOCCN(CCCC(=O)N(C)CC(C)(C)S)c1cc(COc2cc3c(cc2C)C(=O)N2c4ccccc4C[C@H]2C=N3)cc(COc2cc3c(cc2OC)C(=O)N2c4ccccc4C[C@H]2C=N3)c1. The Bertz CT molecular complexity index is 2920. The van der Waals surface area contributed by atoms with E-state index in [0.29, 0.717) is 111 Å². The number of thiol groups is 1. The van der Waals surface area contributed by atoms with Gasteiger partial charge in [0.15, 0.2) is 11.5 Å². The van der Waals surface area contributed by atoms with Crippen molar-refractivity contribution in [3.05, 3.63) is 130 Å². The monoisotopic (exact) mass is 1010 g/mol. The minimum absolute atomic E-state index is 0.0564. The number of anilines is 3. The summed E-state index contributed by atoms with van der Waals surface area (Å²) in [6, 6.07) is 29.1. The molecule has 0 spiro atoms. The largest absolute Gasteiger partial charge is 0.493 e. The third-order valence-electron chi connectivity index (χ3n) is 13.6. The van der Waals surface area contributed by atoms with Gasteiger partial charge in [-0.05, 0) is 104 Å². The maximum Gasteiger partial charge on any atom is 0.261 e. The van der Waals surface area contributed by atoms with Gasteiger partial charge in [-0.15, -0.1) is 0 Å². The second-order valence-electron chi connectivity index (χ2n) is 19.8. The molecule has 0 aromatic heterocycles. The van der Waals surface area contributed by atoms with Gasteiger partial charge in [-0.25, -0.2) is 0 Å². The van der Waals surface area contributed by atoms with Crippen LogP contribution in [0.5, 0.6) is 17.2 Å². The number of nitrogens with zero attached hydrogens (tertiary/aromatic N) is 6. The number of hydrogen-bond donors (Lipinski definition) is 1. The summed E-state index contributed by atoms with van der Waals surface area (Å²) >= 11 is 4.66. The number of rotatable bonds is 22. The predicted octanol–water partition coefficient (Wildman–Crippen LogP) is 9.93. The van der Waals surface area contributed by atoms with Gasteiger partial charge in [-0.3, -0.25) is 34.2 Å². The Balaban J connectivity index is 0.991. The van der Waals surface area contributed by atoms with Gasteiger partial charge in [-0.1, -0.05) is 43.3 Å². The van der Waals surface area contributed by atoms with Gasteiger partial charge < -0.3 is 33.5 Å². The lowest BCUT2D eigenvalue weighted by Crippen LogP contribution is -2.37. The summed E-state index contributed by atoms with van der Waals surface area (Å²) in [4.78, 5) is 58.9. The van der Waals surface area contributed by atoms with Crippen molar-refractivity contribution in [3.63, 3.8) is 0 Å². The van der Waals surface area contributed by atoms with E-state index in [-0.39, 0.29) is 47.8 Å². The highest BCUT2D eigenvalue weighted by molar-refractivity contribution is 7.81. The Morgan fingerprint density at radius 2 is 1.29 bits per heavy atom. The van der Waals surface area contributed by atoms with Crippen molar-refractivity contribution in [3.8, 4) is 17.2 Å². The van der Waals surface area contributed by atoms with E-state index < -0.39 is 0 Å². The van der Waals surface area contributed by atoms with Gasteiger partial charge in [-0.2, -0.15) is 12.6 Å². The van der Waals surface area contributed by atoms with Gasteiger partial charge in [0.25, 0.3) is 11.8 Å². The zero-order chi connectivity index (χ0) is 51.2. The third-order valence-corrected chi connectivity index (χ3v) is 13.7. The van der Waals surface area contributed by atoms with Crippen molar-refractivity contribution in [2.45, 2.75) is 89.8 Å². The summed E-state index contributed by atoms with van der Waals surface area (Å²) in [6.45, 7) is 12.1. The van der Waals surface area contributed by atoms with Crippen LogP contribution >= 0.6 is 12.6 Å². The minimum atomic E-state index is -0.321. The van der Waals surface area contributed by atoms with Gasteiger partial charge in [0.05, 0.1) is 61.5 Å². The number of para-hydroxylation sites is 2. The molecule has 0 saturated carbocycles. The highest BCUT2D eigenvalue weighted by Crippen LogP contribution is 2.42. The molecule has 4 aliphatic rings. The average molecular weight is 1010 g/mol. The Labute approximate surface area is 434 Å². The van der Waals surface area contributed by atoms with Crippen molar-refractivity contribution in [1.82, 2.24) is 4.90 Å². The van der Waals surface area contributed by atoms with E-state index in [9.17, 15) is 14.4 Å². The number of ether oxygens (including phenoxy) is 5. The fourth-order valence-electron chi connectivity index (χ4n) is 10.1. The summed E-state index contributed by atoms with van der Waals surface area (Å²) in [5.74, 6) is 1.30. The van der Waals surface area contributed by atoms with Crippen LogP contribution in [0.25, 0.3) is 0 Å². The summed E-state index contributed by atoms with van der Waals surface area (Å²) < 4.78 is 30.6. The fraction of sp³-hybridized carbons (Fsp3) is 0.397. The summed E-state index contributed by atoms with van der Waals surface area (Å²) in [5.41, 5.74) is 9.53. The number of carbonyl (C=O) groups is 3. The molecule has 0 radical (unpaired) electrons. The molecule has 2 atom stereocenters. The first-order chi connectivity index (χ1) is 35.3. The van der Waals surface area contributed by atoms with E-state index in [0.717, 1.165) is 51.3 Å². The van der Waals surface area contributed by atoms with Crippen LogP contribution in [0.2, 0.25) is 0 Å². The number of benzene rings is 5. The number of aryl methyl sites for hydroxylation is 1. The first-order valence-electron chi connectivity index (χ1n) is 25.3. The second-order valence-corrected chi connectivity index (χ2v) is 21.0. The Kier molecular flexibility index (Phi) is 15.9. The molecular formula is C58H66N6O8S. The first-order valence-corrected chi connectivity index (χ1v) is 25.8. The van der Waals surface area contributed by atoms with E-state index in [2.05, 4.69) is 54.8 Å². The fourth-order valence-corrected chi connectivity index (χ4v) is 10.3. The molecule has 4 heterocycles. The quantitative estimate of drug-likeness (QED) is 0.0531. The Morgan fingerprint density at radius 3 is 1.88 bits per heavy atom. The number of amides is 3. The molecule has 14 nitrogen and oxygen atoms in total. The van der Waals surface area contributed by atoms with E-state index in [4.69, 9.17) is 33.7 Å².